The maximum atomic E-state index is 12.0. The number of benzene rings is 1. The lowest BCUT2D eigenvalue weighted by atomic mass is 10.3. The number of nitrogens with one attached hydrogen (secondary N) is 1. The van der Waals surface area contributed by atoms with Crippen molar-refractivity contribution in [3.8, 4) is 5.75 Å². The van der Waals surface area contributed by atoms with E-state index in [4.69, 9.17) is 33.7 Å². The summed E-state index contributed by atoms with van der Waals surface area (Å²) in [6.45, 7) is 1.38. The number of carbonyl (C=O) groups is 2. The topological polar surface area (TPSA) is 84.7 Å². The summed E-state index contributed by atoms with van der Waals surface area (Å²) < 4.78 is 5.81. The number of amides is 3. The number of hydrogen-bond donors (Lipinski definition) is 2. The van der Waals surface area contributed by atoms with Crippen molar-refractivity contribution in [1.29, 1.82) is 0 Å². The van der Waals surface area contributed by atoms with Gasteiger partial charge >= 0.3 is 6.03 Å². The van der Waals surface area contributed by atoms with Gasteiger partial charge in [-0.3, -0.25) is 4.79 Å². The standard InChI is InChI=1S/C14H17Cl2N3O3/c15-11-2-1-9(7-12(11)16)22-10-4-6-19(8-10)13(20)3-5-18-14(17)21/h1-2,7,10H,3-6,8H2,(H3,17,18,21). The molecular formula is C14H17Cl2N3O3. The van der Waals surface area contributed by atoms with Crippen molar-refractivity contribution in [1.82, 2.24) is 10.2 Å². The highest BCUT2D eigenvalue weighted by atomic mass is 35.5. The first-order chi connectivity index (χ1) is 10.5. The molecule has 1 fully saturated rings. The highest BCUT2D eigenvalue weighted by molar-refractivity contribution is 6.42. The van der Waals surface area contributed by atoms with E-state index in [1.807, 2.05) is 0 Å². The van der Waals surface area contributed by atoms with Crippen LogP contribution in [0.25, 0.3) is 0 Å². The van der Waals surface area contributed by atoms with Crippen LogP contribution in [0.15, 0.2) is 18.2 Å². The molecule has 1 aliphatic heterocycles. The van der Waals surface area contributed by atoms with Gasteiger partial charge in [-0.15, -0.1) is 0 Å². The first-order valence-electron chi connectivity index (χ1n) is 6.88. The lowest BCUT2D eigenvalue weighted by Crippen LogP contribution is -2.36. The molecule has 8 heteroatoms. The van der Waals surface area contributed by atoms with E-state index in [1.165, 1.54) is 0 Å². The molecule has 1 saturated heterocycles. The Kier molecular flexibility index (Phi) is 5.74. The van der Waals surface area contributed by atoms with Crippen LogP contribution < -0.4 is 15.8 Å². The van der Waals surface area contributed by atoms with Crippen LogP contribution >= 0.6 is 23.2 Å². The second kappa shape index (κ2) is 7.56. The van der Waals surface area contributed by atoms with E-state index in [9.17, 15) is 9.59 Å². The summed E-state index contributed by atoms with van der Waals surface area (Å²) in [6, 6.07) is 4.45. The van der Waals surface area contributed by atoms with Gasteiger partial charge in [-0.05, 0) is 12.1 Å². The van der Waals surface area contributed by atoms with Gasteiger partial charge in [-0.1, -0.05) is 23.2 Å². The van der Waals surface area contributed by atoms with Crippen LogP contribution in [0.2, 0.25) is 10.0 Å². The fourth-order valence-corrected chi connectivity index (χ4v) is 2.53. The van der Waals surface area contributed by atoms with E-state index < -0.39 is 6.03 Å². The van der Waals surface area contributed by atoms with Crippen LogP contribution in [0.5, 0.6) is 5.75 Å². The quantitative estimate of drug-likeness (QED) is 0.856. The molecule has 2 rings (SSSR count). The minimum absolute atomic E-state index is 0.0333. The first kappa shape index (κ1) is 16.7. The van der Waals surface area contributed by atoms with Gasteiger partial charge in [0.15, 0.2) is 0 Å². The molecule has 1 heterocycles. The predicted octanol–water partition coefficient (Wildman–Crippen LogP) is 2.03. The van der Waals surface area contributed by atoms with Gasteiger partial charge in [0.05, 0.1) is 16.6 Å². The van der Waals surface area contributed by atoms with Gasteiger partial charge in [0.1, 0.15) is 11.9 Å². The van der Waals surface area contributed by atoms with Crippen LogP contribution in [0, 0.1) is 0 Å². The number of halogens is 2. The van der Waals surface area contributed by atoms with Gasteiger partial charge in [0.2, 0.25) is 5.91 Å². The average Bonchev–Trinajstić information content (AvgIpc) is 2.91. The van der Waals surface area contributed by atoms with Crippen LogP contribution in [0.3, 0.4) is 0 Å². The zero-order valence-electron chi connectivity index (χ0n) is 11.9. The lowest BCUT2D eigenvalue weighted by molar-refractivity contribution is -0.130. The molecule has 0 aromatic heterocycles. The van der Waals surface area contributed by atoms with Crippen molar-refractivity contribution < 1.29 is 14.3 Å². The summed E-state index contributed by atoms with van der Waals surface area (Å²) in [5, 5.41) is 3.30. The summed E-state index contributed by atoms with van der Waals surface area (Å²) in [4.78, 5) is 24.2. The van der Waals surface area contributed by atoms with Gasteiger partial charge in [0.25, 0.3) is 0 Å². The molecule has 0 spiro atoms. The van der Waals surface area contributed by atoms with Gasteiger partial charge < -0.3 is 20.7 Å². The molecule has 1 aliphatic rings. The van der Waals surface area contributed by atoms with Crippen molar-refractivity contribution >= 4 is 35.1 Å². The monoisotopic (exact) mass is 345 g/mol. The third-order valence-corrected chi connectivity index (χ3v) is 4.07. The molecule has 3 N–H and O–H groups in total. The fraction of sp³-hybridized carbons (Fsp3) is 0.429. The van der Waals surface area contributed by atoms with E-state index in [1.54, 1.807) is 23.1 Å². The molecule has 1 unspecified atom stereocenters. The number of carbonyl (C=O) groups excluding carboxylic acids is 2. The van der Waals surface area contributed by atoms with Crippen molar-refractivity contribution in [2.75, 3.05) is 19.6 Å². The number of nitrogens with zero attached hydrogens (tertiary/aromatic N) is 1. The Hall–Kier alpha value is -1.66. The average molecular weight is 346 g/mol. The van der Waals surface area contributed by atoms with E-state index >= 15 is 0 Å². The molecule has 6 nitrogen and oxygen atoms in total. The largest absolute Gasteiger partial charge is 0.488 e. The van der Waals surface area contributed by atoms with E-state index in [-0.39, 0.29) is 25.0 Å². The third kappa shape index (κ3) is 4.68. The van der Waals surface area contributed by atoms with E-state index in [2.05, 4.69) is 5.32 Å². The van der Waals surface area contributed by atoms with Crippen LogP contribution in [-0.4, -0.2) is 42.6 Å². The SMILES string of the molecule is NC(=O)NCCC(=O)N1CCC(Oc2ccc(Cl)c(Cl)c2)C1. The molecule has 0 aliphatic carbocycles. The zero-order chi connectivity index (χ0) is 16.1. The normalized spacial score (nSPS) is 17.4. The number of hydrogen-bond acceptors (Lipinski definition) is 3. The number of nitrogens with two attached hydrogens (primary N) is 1. The molecule has 0 saturated carbocycles. The summed E-state index contributed by atoms with van der Waals surface area (Å²) in [6.07, 6.45) is 0.891. The molecule has 1 aromatic rings. The lowest BCUT2D eigenvalue weighted by Gasteiger charge is -2.17. The molecule has 3 amide bonds. The maximum absolute atomic E-state index is 12.0. The number of rotatable bonds is 5. The third-order valence-electron chi connectivity index (χ3n) is 3.33. The fourth-order valence-electron chi connectivity index (χ4n) is 2.24. The van der Waals surface area contributed by atoms with Crippen molar-refractivity contribution in [2.45, 2.75) is 18.9 Å². The molecule has 0 bridgehead atoms. The minimum Gasteiger partial charge on any atom is -0.488 e. The van der Waals surface area contributed by atoms with Crippen molar-refractivity contribution in [3.05, 3.63) is 28.2 Å². The molecule has 1 atom stereocenters. The summed E-state index contributed by atoms with van der Waals surface area (Å²) >= 11 is 11.8. The second-order valence-electron chi connectivity index (χ2n) is 4.99. The molecule has 22 heavy (non-hydrogen) atoms. The molecular weight excluding hydrogens is 329 g/mol. The smallest absolute Gasteiger partial charge is 0.312 e. The summed E-state index contributed by atoms with van der Waals surface area (Å²) in [5.41, 5.74) is 4.95. The van der Waals surface area contributed by atoms with Crippen LogP contribution in [0.1, 0.15) is 12.8 Å². The Morgan fingerprint density at radius 2 is 2.14 bits per heavy atom. The highest BCUT2D eigenvalue weighted by Crippen LogP contribution is 2.28. The van der Waals surface area contributed by atoms with Crippen LogP contribution in [0.4, 0.5) is 4.79 Å². The Labute approximate surface area is 138 Å². The second-order valence-corrected chi connectivity index (χ2v) is 5.80. The van der Waals surface area contributed by atoms with Crippen molar-refractivity contribution in [3.63, 3.8) is 0 Å². The van der Waals surface area contributed by atoms with Gasteiger partial charge in [-0.2, -0.15) is 0 Å². The number of primary amides is 1. The minimum atomic E-state index is -0.630. The van der Waals surface area contributed by atoms with Gasteiger partial charge in [0, 0.05) is 32.0 Å². The van der Waals surface area contributed by atoms with Gasteiger partial charge in [-0.25, -0.2) is 4.79 Å². The van der Waals surface area contributed by atoms with Crippen molar-refractivity contribution in [2.24, 2.45) is 5.73 Å². The van der Waals surface area contributed by atoms with E-state index in [0.717, 1.165) is 6.42 Å². The van der Waals surface area contributed by atoms with E-state index in [0.29, 0.717) is 28.9 Å². The predicted molar refractivity (Wildman–Crippen MR) is 84.3 cm³/mol. The number of ether oxygens (including phenoxy) is 1. The summed E-state index contributed by atoms with van der Waals surface area (Å²) in [5.74, 6) is 0.595. The first-order valence-corrected chi connectivity index (χ1v) is 7.64. The number of likely N-dealkylation sites (tertiary alicyclic amines) is 1. The highest BCUT2D eigenvalue weighted by Gasteiger charge is 2.27. The molecule has 120 valence electrons. The molecule has 0 radical (unpaired) electrons. The van der Waals surface area contributed by atoms with Crippen LogP contribution in [-0.2, 0) is 4.79 Å². The Morgan fingerprint density at radius 1 is 1.36 bits per heavy atom. The maximum Gasteiger partial charge on any atom is 0.312 e. The Balaban J connectivity index is 1.80. The molecule has 1 aromatic carbocycles. The zero-order valence-corrected chi connectivity index (χ0v) is 13.4. The Morgan fingerprint density at radius 3 is 2.82 bits per heavy atom. The Bertz CT molecular complexity index is 568. The number of urea groups is 1. The summed E-state index contributed by atoms with van der Waals surface area (Å²) in [7, 11) is 0.